The van der Waals surface area contributed by atoms with E-state index < -0.39 is 83.4 Å². The Labute approximate surface area is 400 Å². The number of nitriles is 1. The monoisotopic (exact) mass is 954 g/mol. The van der Waals surface area contributed by atoms with Crippen molar-refractivity contribution in [3.05, 3.63) is 94.3 Å². The van der Waals surface area contributed by atoms with Gasteiger partial charge in [-0.25, -0.2) is 9.97 Å². The highest BCUT2D eigenvalue weighted by Crippen LogP contribution is 2.41. The number of nitrogens with two attached hydrogens (primary N) is 3. The van der Waals surface area contributed by atoms with Gasteiger partial charge in [-0.3, -0.25) is 24.0 Å². The molecule has 3 aromatic carbocycles. The zero-order valence-electron chi connectivity index (χ0n) is 39.9. The van der Waals surface area contributed by atoms with Crippen LogP contribution in [0.1, 0.15) is 104 Å². The van der Waals surface area contributed by atoms with Crippen molar-refractivity contribution >= 4 is 29.2 Å². The molecule has 0 aliphatic carbocycles. The molecule has 69 heavy (non-hydrogen) atoms. The number of alkyl halides is 3. The number of ether oxygens (including phenoxy) is 2. The molecule has 4 aromatic rings. The standard InChI is InChI=1S/C51H61F3N8O7/c1-29-24-41(65)45(33-12-16-43(69-23-21-58)37(27-33)36-25-31(9-15-42(36)68-22-20-57)26-38(60-48(29)66)39(63)8-7-18-55)62(6)49(67)34(17-19-56)28-40(64)44-30(2)59-47(61-46(44)51(52,53)54)32-10-13-35(14-11-32)50(3,4)5/h9-16,25,27,29,34,38,45H,7-8,17,19-24,26,28,56-58H2,1-6H3,(H,60,66)/t29-,34-,38+,45+/m1/s1. The highest BCUT2D eigenvalue weighted by atomic mass is 19.4. The molecule has 7 N–H and O–H groups in total. The molecular formula is C51H61F3N8O7. The Hall–Kier alpha value is -6.55. The summed E-state index contributed by atoms with van der Waals surface area (Å²) in [7, 11) is 1.33. The molecule has 0 unspecified atom stereocenters. The topological polar surface area (TPSA) is 247 Å². The number of hydrogen-bond donors (Lipinski definition) is 4. The van der Waals surface area contributed by atoms with Crippen molar-refractivity contribution in [2.45, 2.75) is 96.8 Å². The van der Waals surface area contributed by atoms with Crippen LogP contribution in [0.4, 0.5) is 13.2 Å². The van der Waals surface area contributed by atoms with E-state index in [9.17, 15) is 42.4 Å². The van der Waals surface area contributed by atoms with Crippen LogP contribution in [-0.2, 0) is 37.2 Å². The Balaban J connectivity index is 1.61. The minimum Gasteiger partial charge on any atom is -0.492 e. The second-order valence-electron chi connectivity index (χ2n) is 18.3. The van der Waals surface area contributed by atoms with Crippen molar-refractivity contribution in [3.8, 4) is 40.1 Å². The maximum atomic E-state index is 14.9. The average Bonchev–Trinajstić information content (AvgIpc) is 3.30. The molecule has 15 nitrogen and oxygen atoms in total. The third-order valence-electron chi connectivity index (χ3n) is 12.0. The van der Waals surface area contributed by atoms with E-state index in [4.69, 9.17) is 26.7 Å². The fourth-order valence-electron chi connectivity index (χ4n) is 8.33. The van der Waals surface area contributed by atoms with Crippen LogP contribution >= 0.6 is 0 Å². The van der Waals surface area contributed by atoms with Gasteiger partial charge in [0.25, 0.3) is 0 Å². The van der Waals surface area contributed by atoms with Gasteiger partial charge in [0.15, 0.2) is 28.9 Å². The fraction of sp³-hybridized carbons (Fsp3) is 0.451. The smallest absolute Gasteiger partial charge is 0.434 e. The number of rotatable bonds is 17. The number of ketones is 3. The van der Waals surface area contributed by atoms with Gasteiger partial charge in [0, 0.05) is 74.3 Å². The molecule has 4 bridgehead atoms. The molecule has 4 atom stereocenters. The summed E-state index contributed by atoms with van der Waals surface area (Å²) in [4.78, 5) is 80.3. The largest absolute Gasteiger partial charge is 0.492 e. The number of aryl methyl sites for hydroxylation is 1. The molecule has 1 aliphatic heterocycles. The summed E-state index contributed by atoms with van der Waals surface area (Å²) in [6.45, 7) is 9.13. The van der Waals surface area contributed by atoms with E-state index in [2.05, 4.69) is 15.3 Å². The van der Waals surface area contributed by atoms with Gasteiger partial charge in [0.2, 0.25) is 11.8 Å². The third kappa shape index (κ3) is 13.2. The van der Waals surface area contributed by atoms with E-state index >= 15 is 0 Å². The summed E-state index contributed by atoms with van der Waals surface area (Å²) >= 11 is 0. The normalized spacial score (nSPS) is 16.9. The van der Waals surface area contributed by atoms with Crippen molar-refractivity contribution < 1.29 is 46.6 Å². The Bertz CT molecular complexity index is 2570. The quantitative estimate of drug-likeness (QED) is 0.0843. The average molecular weight is 955 g/mol. The number of aromatic nitrogens is 2. The molecular weight excluding hydrogens is 894 g/mol. The minimum atomic E-state index is -5.08. The van der Waals surface area contributed by atoms with Crippen molar-refractivity contribution in [2.24, 2.45) is 29.0 Å². The number of carbonyl (C=O) groups is 5. The second-order valence-corrected chi connectivity index (χ2v) is 18.3. The zero-order valence-corrected chi connectivity index (χ0v) is 39.9. The fourth-order valence-corrected chi connectivity index (χ4v) is 8.33. The lowest BCUT2D eigenvalue weighted by molar-refractivity contribution is -0.142. The maximum absolute atomic E-state index is 14.9. The summed E-state index contributed by atoms with van der Waals surface area (Å²) in [6.07, 6.45) is -6.59. The Morgan fingerprint density at radius 1 is 0.899 bits per heavy atom. The van der Waals surface area contributed by atoms with Crippen LogP contribution in [0.5, 0.6) is 11.5 Å². The predicted molar refractivity (Wildman–Crippen MR) is 253 cm³/mol. The number of Topliss-reactive ketones (excluding diaryl/α,β-unsaturated/α-hetero) is 3. The number of fused-ring (bicyclic) bond motifs is 5. The van der Waals surface area contributed by atoms with Crippen molar-refractivity contribution in [3.63, 3.8) is 0 Å². The number of nitrogens with zero attached hydrogens (tertiary/aromatic N) is 4. The number of carbonyl (C=O) groups excluding carboxylic acids is 5. The van der Waals surface area contributed by atoms with Crippen LogP contribution < -0.4 is 32.0 Å². The van der Waals surface area contributed by atoms with Crippen molar-refractivity contribution in [1.82, 2.24) is 20.2 Å². The summed E-state index contributed by atoms with van der Waals surface area (Å²) in [5, 5.41) is 12.0. The molecule has 5 rings (SSSR count). The number of benzene rings is 3. The van der Waals surface area contributed by atoms with Gasteiger partial charge >= 0.3 is 6.18 Å². The molecule has 0 saturated carbocycles. The van der Waals surface area contributed by atoms with E-state index in [1.807, 2.05) is 26.8 Å². The molecule has 0 fully saturated rings. The Morgan fingerprint density at radius 2 is 1.52 bits per heavy atom. The van der Waals surface area contributed by atoms with E-state index in [-0.39, 0.29) is 81.0 Å². The molecule has 0 saturated heterocycles. The first-order chi connectivity index (χ1) is 32.6. The molecule has 0 radical (unpaired) electrons. The number of hydrogen-bond acceptors (Lipinski definition) is 13. The number of likely N-dealkylation sites (N-methyl/N-ethyl adjacent to an activating group) is 1. The van der Waals surface area contributed by atoms with Gasteiger partial charge in [-0.1, -0.05) is 64.1 Å². The van der Waals surface area contributed by atoms with Gasteiger partial charge in [-0.05, 0) is 72.7 Å². The van der Waals surface area contributed by atoms with Crippen molar-refractivity contribution in [2.75, 3.05) is 39.9 Å². The number of amides is 2. The van der Waals surface area contributed by atoms with Gasteiger partial charge in [-0.2, -0.15) is 18.4 Å². The summed E-state index contributed by atoms with van der Waals surface area (Å²) in [6, 6.07) is 16.2. The molecule has 1 aliphatic rings. The highest BCUT2D eigenvalue weighted by molar-refractivity contribution is 6.01. The van der Waals surface area contributed by atoms with Gasteiger partial charge in [0.05, 0.1) is 23.4 Å². The highest BCUT2D eigenvalue weighted by Gasteiger charge is 2.41. The molecule has 18 heteroatoms. The Kier molecular flexibility index (Phi) is 17.9. The summed E-state index contributed by atoms with van der Waals surface area (Å²) < 4.78 is 56.7. The first kappa shape index (κ1) is 53.4. The van der Waals surface area contributed by atoms with E-state index in [0.29, 0.717) is 33.8 Å². The van der Waals surface area contributed by atoms with E-state index in [0.717, 1.165) is 10.5 Å². The maximum Gasteiger partial charge on any atom is 0.434 e. The van der Waals surface area contributed by atoms with E-state index in [1.165, 1.54) is 20.9 Å². The van der Waals surface area contributed by atoms with Gasteiger partial charge in [0.1, 0.15) is 30.8 Å². The lowest BCUT2D eigenvalue weighted by atomic mass is 9.86. The van der Waals surface area contributed by atoms with Crippen LogP contribution in [0.2, 0.25) is 0 Å². The van der Waals surface area contributed by atoms with Gasteiger partial charge < -0.3 is 36.9 Å². The molecule has 0 spiro atoms. The van der Waals surface area contributed by atoms with Gasteiger partial charge in [-0.15, -0.1) is 0 Å². The lowest BCUT2D eigenvalue weighted by Crippen LogP contribution is -2.46. The zero-order chi connectivity index (χ0) is 50.8. The SMILES string of the molecule is Cc1nc(-c2ccc(C(C)(C)C)cc2)nc(C(F)(F)F)c1C(=O)C[C@@H](CCN)C(=O)N(C)[C@@H]1C(=O)C[C@@H](C)C(=O)N[C@H](C(=O)CCC#N)Cc2ccc(OCCN)c(c2)-c2cc1ccc2OCCN. The van der Waals surface area contributed by atoms with E-state index in [1.54, 1.807) is 60.7 Å². The third-order valence-corrected chi connectivity index (χ3v) is 12.0. The summed E-state index contributed by atoms with van der Waals surface area (Å²) in [5.74, 6) is -5.37. The van der Waals surface area contributed by atoms with Crippen LogP contribution in [0, 0.1) is 30.1 Å². The van der Waals surface area contributed by atoms with Crippen LogP contribution in [0.3, 0.4) is 0 Å². The predicted octanol–water partition coefficient (Wildman–Crippen LogP) is 6.36. The molecule has 2 heterocycles. The first-order valence-corrected chi connectivity index (χ1v) is 22.9. The summed E-state index contributed by atoms with van der Waals surface area (Å²) in [5.41, 5.74) is 17.9. The number of nitrogens with one attached hydrogen (secondary N) is 1. The lowest BCUT2D eigenvalue weighted by Gasteiger charge is -2.32. The second kappa shape index (κ2) is 23.2. The van der Waals surface area contributed by atoms with Crippen LogP contribution in [0.15, 0.2) is 60.7 Å². The van der Waals surface area contributed by atoms with Crippen LogP contribution in [0.25, 0.3) is 22.5 Å². The van der Waals surface area contributed by atoms with Crippen LogP contribution in [-0.4, -0.2) is 90.0 Å². The number of halogens is 3. The molecule has 368 valence electrons. The Morgan fingerprint density at radius 3 is 2.10 bits per heavy atom. The first-order valence-electron chi connectivity index (χ1n) is 22.9. The minimum absolute atomic E-state index is 0.0341. The van der Waals surface area contributed by atoms with Crippen molar-refractivity contribution in [1.29, 1.82) is 5.26 Å². The molecule has 1 aromatic heterocycles. The molecule has 2 amide bonds.